The van der Waals surface area contributed by atoms with Gasteiger partial charge in [0.15, 0.2) is 11.6 Å². The molecule has 138 valence electrons. The summed E-state index contributed by atoms with van der Waals surface area (Å²) in [5, 5.41) is 0. The third kappa shape index (κ3) is 7.43. The minimum Gasteiger partial charge on any atom is -0.490 e. The molecule has 0 bridgehead atoms. The molecule has 0 radical (unpaired) electrons. The third-order valence-electron chi connectivity index (χ3n) is 3.96. The molecule has 1 N–H and O–H groups in total. The van der Waals surface area contributed by atoms with Gasteiger partial charge in [0.05, 0.1) is 6.61 Å². The first-order chi connectivity index (χ1) is 11.6. The molecule has 1 unspecified atom stereocenters. The average molecular weight is 356 g/mol. The minimum absolute atomic E-state index is 0.214. The summed E-state index contributed by atoms with van der Waals surface area (Å²) in [6.07, 6.45) is 4.84. The van der Waals surface area contributed by atoms with E-state index in [4.69, 9.17) is 4.74 Å². The zero-order chi connectivity index (χ0) is 17.9. The van der Waals surface area contributed by atoms with Crippen LogP contribution >= 0.6 is 11.9 Å². The monoisotopic (exact) mass is 355 g/mol. The van der Waals surface area contributed by atoms with Gasteiger partial charge in [-0.05, 0) is 48.8 Å². The zero-order valence-electron chi connectivity index (χ0n) is 15.9. The first kappa shape index (κ1) is 21.3. The molecule has 1 aliphatic rings. The summed E-state index contributed by atoms with van der Waals surface area (Å²) in [6, 6.07) is 5.49. The molecule has 0 amide bonds. The Morgan fingerprint density at radius 3 is 2.58 bits per heavy atom. The van der Waals surface area contributed by atoms with Gasteiger partial charge in [-0.25, -0.2) is 4.39 Å². The van der Waals surface area contributed by atoms with Crippen LogP contribution in [0.1, 0.15) is 71.9 Å². The Hall–Kier alpha value is -0.740. The van der Waals surface area contributed by atoms with E-state index in [-0.39, 0.29) is 11.9 Å². The van der Waals surface area contributed by atoms with Gasteiger partial charge in [-0.3, -0.25) is 4.72 Å². The number of halogens is 1. The SMILES string of the molecule is CC.CCCCSNC(c1ccc(F)c(OCC2CC2)c1)C(C)C. The van der Waals surface area contributed by atoms with Crippen LogP contribution in [0.4, 0.5) is 4.39 Å². The van der Waals surface area contributed by atoms with Crippen LogP contribution in [0.2, 0.25) is 0 Å². The third-order valence-corrected chi connectivity index (χ3v) is 4.88. The maximum atomic E-state index is 13.9. The summed E-state index contributed by atoms with van der Waals surface area (Å²) in [7, 11) is 0. The van der Waals surface area contributed by atoms with Crippen LogP contribution in [-0.2, 0) is 0 Å². The van der Waals surface area contributed by atoms with Crippen molar-refractivity contribution in [2.75, 3.05) is 12.4 Å². The largest absolute Gasteiger partial charge is 0.490 e. The number of unbranched alkanes of at least 4 members (excludes halogenated alkanes) is 1. The van der Waals surface area contributed by atoms with E-state index in [1.54, 1.807) is 11.9 Å². The first-order valence-electron chi connectivity index (χ1n) is 9.41. The molecule has 1 aromatic rings. The summed E-state index contributed by atoms with van der Waals surface area (Å²) < 4.78 is 23.1. The van der Waals surface area contributed by atoms with E-state index in [0.717, 1.165) is 11.3 Å². The van der Waals surface area contributed by atoms with Crippen molar-refractivity contribution < 1.29 is 9.13 Å². The number of benzene rings is 1. The van der Waals surface area contributed by atoms with Gasteiger partial charge in [0, 0.05) is 11.8 Å². The average Bonchev–Trinajstić information content (AvgIpc) is 3.40. The number of hydrogen-bond acceptors (Lipinski definition) is 3. The Balaban J connectivity index is 0.00000139. The molecule has 1 saturated carbocycles. The van der Waals surface area contributed by atoms with Gasteiger partial charge in [-0.15, -0.1) is 0 Å². The Kier molecular flexibility index (Phi) is 10.4. The number of rotatable bonds is 10. The van der Waals surface area contributed by atoms with Crippen molar-refractivity contribution in [1.29, 1.82) is 0 Å². The second-order valence-electron chi connectivity index (χ2n) is 6.49. The van der Waals surface area contributed by atoms with E-state index >= 15 is 0 Å². The van der Waals surface area contributed by atoms with Gasteiger partial charge < -0.3 is 4.74 Å². The highest BCUT2D eigenvalue weighted by atomic mass is 32.2. The quantitative estimate of drug-likeness (QED) is 0.389. The van der Waals surface area contributed by atoms with Gasteiger partial charge in [0.1, 0.15) is 0 Å². The van der Waals surface area contributed by atoms with E-state index in [1.165, 1.54) is 31.7 Å². The maximum Gasteiger partial charge on any atom is 0.165 e. The minimum atomic E-state index is -0.259. The van der Waals surface area contributed by atoms with E-state index in [1.807, 2.05) is 26.0 Å². The molecule has 0 spiro atoms. The lowest BCUT2D eigenvalue weighted by atomic mass is 9.97. The highest BCUT2D eigenvalue weighted by Crippen LogP contribution is 2.32. The summed E-state index contributed by atoms with van der Waals surface area (Å²) in [6.45, 7) is 11.2. The predicted molar refractivity (Wildman–Crippen MR) is 104 cm³/mol. The Labute approximate surface area is 152 Å². The molecule has 1 aromatic carbocycles. The second kappa shape index (κ2) is 11.8. The fourth-order valence-electron chi connectivity index (χ4n) is 2.27. The predicted octanol–water partition coefficient (Wildman–Crippen LogP) is 6.38. The maximum absolute atomic E-state index is 13.9. The fraction of sp³-hybridized carbons (Fsp3) is 0.700. The molecule has 1 fully saturated rings. The lowest BCUT2D eigenvalue weighted by Gasteiger charge is -2.23. The number of ether oxygens (including phenoxy) is 1. The molecule has 0 saturated heterocycles. The summed E-state index contributed by atoms with van der Waals surface area (Å²) >= 11 is 1.76. The van der Waals surface area contributed by atoms with Gasteiger partial charge >= 0.3 is 0 Å². The van der Waals surface area contributed by atoms with E-state index in [2.05, 4.69) is 25.5 Å². The van der Waals surface area contributed by atoms with Gasteiger partial charge in [-0.2, -0.15) is 0 Å². The lowest BCUT2D eigenvalue weighted by molar-refractivity contribution is 0.284. The Bertz CT molecular complexity index is 463. The van der Waals surface area contributed by atoms with Crippen molar-refractivity contribution in [3.63, 3.8) is 0 Å². The normalized spacial score (nSPS) is 15.0. The van der Waals surface area contributed by atoms with Crippen LogP contribution in [0.25, 0.3) is 0 Å². The number of nitrogens with one attached hydrogen (secondary N) is 1. The van der Waals surface area contributed by atoms with Crippen molar-refractivity contribution in [2.24, 2.45) is 11.8 Å². The summed E-state index contributed by atoms with van der Waals surface area (Å²) in [4.78, 5) is 0. The Morgan fingerprint density at radius 2 is 2.00 bits per heavy atom. The molecule has 24 heavy (non-hydrogen) atoms. The molecular weight excluding hydrogens is 321 g/mol. The van der Waals surface area contributed by atoms with Crippen molar-refractivity contribution in [3.8, 4) is 5.75 Å². The molecular formula is C20H34FNOS. The van der Waals surface area contributed by atoms with Crippen LogP contribution < -0.4 is 9.46 Å². The topological polar surface area (TPSA) is 21.3 Å². The smallest absolute Gasteiger partial charge is 0.165 e. The van der Waals surface area contributed by atoms with Gasteiger partial charge in [0.2, 0.25) is 0 Å². The lowest BCUT2D eigenvalue weighted by Crippen LogP contribution is -2.20. The van der Waals surface area contributed by atoms with Crippen molar-refractivity contribution >= 4 is 11.9 Å². The molecule has 1 aliphatic carbocycles. The van der Waals surface area contributed by atoms with Crippen molar-refractivity contribution in [3.05, 3.63) is 29.6 Å². The van der Waals surface area contributed by atoms with E-state index in [0.29, 0.717) is 24.2 Å². The van der Waals surface area contributed by atoms with Gasteiger partial charge in [0.25, 0.3) is 0 Å². The van der Waals surface area contributed by atoms with E-state index < -0.39 is 0 Å². The molecule has 1 atom stereocenters. The molecule has 0 aromatic heterocycles. The van der Waals surface area contributed by atoms with Crippen LogP contribution in [0.15, 0.2) is 18.2 Å². The molecule has 2 rings (SSSR count). The molecule has 0 heterocycles. The zero-order valence-corrected chi connectivity index (χ0v) is 16.7. The molecule has 4 heteroatoms. The molecule has 0 aliphatic heterocycles. The summed E-state index contributed by atoms with van der Waals surface area (Å²) in [5.74, 6) is 2.31. The highest BCUT2D eigenvalue weighted by molar-refractivity contribution is 7.97. The highest BCUT2D eigenvalue weighted by Gasteiger charge is 2.23. The van der Waals surface area contributed by atoms with Crippen LogP contribution in [0.5, 0.6) is 5.75 Å². The van der Waals surface area contributed by atoms with Crippen LogP contribution in [0.3, 0.4) is 0 Å². The fourth-order valence-corrected chi connectivity index (χ4v) is 3.41. The first-order valence-corrected chi connectivity index (χ1v) is 10.4. The molecule has 2 nitrogen and oxygen atoms in total. The van der Waals surface area contributed by atoms with Crippen LogP contribution in [-0.4, -0.2) is 12.4 Å². The second-order valence-corrected chi connectivity index (χ2v) is 7.42. The van der Waals surface area contributed by atoms with Crippen molar-refractivity contribution in [2.45, 2.75) is 66.3 Å². The van der Waals surface area contributed by atoms with Gasteiger partial charge in [-0.1, -0.05) is 59.1 Å². The van der Waals surface area contributed by atoms with Crippen molar-refractivity contribution in [1.82, 2.24) is 4.72 Å². The van der Waals surface area contributed by atoms with E-state index in [9.17, 15) is 4.39 Å². The summed E-state index contributed by atoms with van der Waals surface area (Å²) in [5.41, 5.74) is 1.10. The van der Waals surface area contributed by atoms with Crippen LogP contribution in [0, 0.1) is 17.7 Å². The standard InChI is InChI=1S/C18H28FNOS.C2H6/c1-4-5-10-22-20-18(13(2)3)15-8-9-16(19)17(11-15)21-12-14-6-7-14;1-2/h8-9,11,13-14,18,20H,4-7,10,12H2,1-3H3;1-2H3. The number of hydrogen-bond donors (Lipinski definition) is 1. The Morgan fingerprint density at radius 1 is 1.29 bits per heavy atom.